The number of ether oxygens (including phenoxy) is 1. The van der Waals surface area contributed by atoms with Crippen molar-refractivity contribution in [3.63, 3.8) is 0 Å². The summed E-state index contributed by atoms with van der Waals surface area (Å²) in [6.07, 6.45) is -0.124. The largest absolute Gasteiger partial charge is 0.443 e. The maximum absolute atomic E-state index is 12.7. The molecule has 0 bridgehead atoms. The Morgan fingerprint density at radius 2 is 2.00 bits per heavy atom. The van der Waals surface area contributed by atoms with Gasteiger partial charge in [0.15, 0.2) is 0 Å². The number of H-pyrrole nitrogens is 1. The van der Waals surface area contributed by atoms with Crippen molar-refractivity contribution in [2.45, 2.75) is 29.5 Å². The highest BCUT2D eigenvalue weighted by Gasteiger charge is 2.49. The van der Waals surface area contributed by atoms with Crippen LogP contribution in [0.3, 0.4) is 0 Å². The molecule has 3 atom stereocenters. The number of azide groups is 1. The van der Waals surface area contributed by atoms with Gasteiger partial charge in [-0.05, 0) is 23.7 Å². The van der Waals surface area contributed by atoms with Crippen LogP contribution in [0.1, 0.15) is 29.8 Å². The number of fused-ring (bicyclic) bond motifs is 5. The van der Waals surface area contributed by atoms with Gasteiger partial charge >= 0.3 is 6.09 Å². The van der Waals surface area contributed by atoms with E-state index < -0.39 is 0 Å². The van der Waals surface area contributed by atoms with Crippen LogP contribution in [0.25, 0.3) is 21.3 Å². The molecule has 1 saturated heterocycles. The van der Waals surface area contributed by atoms with Crippen molar-refractivity contribution in [3.05, 3.63) is 76.3 Å². The van der Waals surface area contributed by atoms with E-state index in [0.29, 0.717) is 13.0 Å². The predicted octanol–water partition coefficient (Wildman–Crippen LogP) is 5.58. The van der Waals surface area contributed by atoms with Gasteiger partial charge in [-0.1, -0.05) is 41.5 Å². The van der Waals surface area contributed by atoms with E-state index in [0.717, 1.165) is 27.9 Å². The number of thioether (sulfide) groups is 1. The van der Waals surface area contributed by atoms with Crippen LogP contribution in [0.5, 0.6) is 0 Å². The number of aromatic amines is 1. The maximum Gasteiger partial charge on any atom is 0.410 e. The van der Waals surface area contributed by atoms with Gasteiger partial charge in [-0.3, -0.25) is 4.90 Å². The monoisotopic (exact) mass is 405 g/mol. The molecule has 7 nitrogen and oxygen atoms in total. The van der Waals surface area contributed by atoms with Crippen molar-refractivity contribution in [2.75, 3.05) is 12.3 Å². The van der Waals surface area contributed by atoms with Gasteiger partial charge in [0.2, 0.25) is 0 Å². The zero-order valence-corrected chi connectivity index (χ0v) is 16.4. The molecule has 2 heterocycles. The highest BCUT2D eigenvalue weighted by Crippen LogP contribution is 2.49. The summed E-state index contributed by atoms with van der Waals surface area (Å²) in [6, 6.07) is 17.6. The van der Waals surface area contributed by atoms with Crippen molar-refractivity contribution in [3.8, 4) is 0 Å². The van der Waals surface area contributed by atoms with Crippen molar-refractivity contribution in [1.29, 1.82) is 0 Å². The molecular formula is C21H19N5O2S. The van der Waals surface area contributed by atoms with Crippen LogP contribution in [0.2, 0.25) is 0 Å². The molecule has 1 aliphatic heterocycles. The topological polar surface area (TPSA) is 94.1 Å². The summed E-state index contributed by atoms with van der Waals surface area (Å²) in [5.41, 5.74) is 11.9. The summed E-state index contributed by atoms with van der Waals surface area (Å²) in [4.78, 5) is 22.1. The van der Waals surface area contributed by atoms with Gasteiger partial charge in [0.1, 0.15) is 6.10 Å². The number of carbonyl (C=O) groups is 1. The molecule has 0 radical (unpaired) electrons. The Morgan fingerprint density at radius 1 is 1.21 bits per heavy atom. The number of hydrogen-bond acceptors (Lipinski definition) is 4. The predicted molar refractivity (Wildman–Crippen MR) is 112 cm³/mol. The minimum Gasteiger partial charge on any atom is -0.443 e. The molecule has 2 aliphatic rings. The zero-order chi connectivity index (χ0) is 19.8. The second kappa shape index (κ2) is 7.39. The smallest absolute Gasteiger partial charge is 0.410 e. The van der Waals surface area contributed by atoms with Crippen LogP contribution >= 0.6 is 11.8 Å². The van der Waals surface area contributed by atoms with Crippen LogP contribution in [-0.4, -0.2) is 34.4 Å². The normalized spacial score (nSPS) is 22.7. The van der Waals surface area contributed by atoms with Gasteiger partial charge in [-0.2, -0.15) is 0 Å². The number of carbonyl (C=O) groups excluding carboxylic acids is 1. The molecule has 146 valence electrons. The fourth-order valence-corrected chi connectivity index (χ4v) is 5.25. The summed E-state index contributed by atoms with van der Waals surface area (Å²) in [6.45, 7) is 0.588. The van der Waals surface area contributed by atoms with E-state index in [1.54, 1.807) is 11.8 Å². The number of rotatable bonds is 5. The highest BCUT2D eigenvalue weighted by atomic mass is 32.2. The van der Waals surface area contributed by atoms with Crippen LogP contribution in [0.4, 0.5) is 4.79 Å². The molecule has 1 N–H and O–H groups in total. The Hall–Kier alpha value is -3.09. The lowest BCUT2D eigenvalue weighted by atomic mass is 9.85. The molecule has 5 rings (SSSR count). The van der Waals surface area contributed by atoms with Crippen molar-refractivity contribution in [1.82, 2.24) is 9.88 Å². The number of aromatic nitrogens is 1. The fourth-order valence-electron chi connectivity index (χ4n) is 4.37. The molecule has 0 spiro atoms. The first-order valence-corrected chi connectivity index (χ1v) is 10.5. The molecule has 2 aromatic carbocycles. The van der Waals surface area contributed by atoms with Gasteiger partial charge in [0.25, 0.3) is 0 Å². The molecule has 8 heteroatoms. The average molecular weight is 405 g/mol. The van der Waals surface area contributed by atoms with Gasteiger partial charge in [-0.15, -0.1) is 11.8 Å². The lowest BCUT2D eigenvalue weighted by molar-refractivity contribution is 0.117. The third kappa shape index (κ3) is 3.10. The Bertz CT molecular complexity index is 1110. The van der Waals surface area contributed by atoms with Crippen molar-refractivity contribution < 1.29 is 9.53 Å². The minimum atomic E-state index is -0.366. The SMILES string of the molecule is [N-]=[N+]=N[C@H]1C[C@@H]2OC(=O)N(CCSc3ccccc3)[C@@H]2c2c1[nH]c1ccccc21. The van der Waals surface area contributed by atoms with Crippen LogP contribution in [0.15, 0.2) is 64.6 Å². The highest BCUT2D eigenvalue weighted by molar-refractivity contribution is 7.99. The number of para-hydroxylation sites is 1. The first-order chi connectivity index (χ1) is 14.3. The molecule has 0 saturated carbocycles. The summed E-state index contributed by atoms with van der Waals surface area (Å²) in [5, 5.41) is 5.02. The molecular weight excluding hydrogens is 386 g/mol. The second-order valence-corrected chi connectivity index (χ2v) is 8.34. The van der Waals surface area contributed by atoms with Crippen LogP contribution in [0, 0.1) is 0 Å². The standard InChI is InChI=1S/C21H19N5O2S/c22-25-24-16-12-17-20(18-14-8-4-5-9-15(14)23-19(16)18)26(21(27)28-17)10-11-29-13-6-2-1-3-7-13/h1-9,16-17,20,23H,10-12H2/t16-,17-,20-/m0/s1. The van der Waals surface area contributed by atoms with Crippen LogP contribution < -0.4 is 0 Å². The quantitative estimate of drug-likeness (QED) is 0.260. The molecule has 3 aromatic rings. The molecule has 1 fully saturated rings. The number of benzene rings is 2. The molecule has 1 amide bonds. The number of amides is 1. The van der Waals surface area contributed by atoms with Gasteiger partial charge in [-0.25, -0.2) is 4.79 Å². The summed E-state index contributed by atoms with van der Waals surface area (Å²) >= 11 is 1.72. The lowest BCUT2D eigenvalue weighted by Crippen LogP contribution is -2.34. The van der Waals surface area contributed by atoms with E-state index in [2.05, 4.69) is 27.1 Å². The fraction of sp³-hybridized carbons (Fsp3) is 0.286. The van der Waals surface area contributed by atoms with Gasteiger partial charge < -0.3 is 9.72 Å². The number of nitrogens with one attached hydrogen (secondary N) is 1. The lowest BCUT2D eigenvalue weighted by Gasteiger charge is -2.31. The Kier molecular flexibility index (Phi) is 4.58. The van der Waals surface area contributed by atoms with Gasteiger partial charge in [0.05, 0.1) is 12.1 Å². The van der Waals surface area contributed by atoms with Crippen molar-refractivity contribution >= 4 is 28.8 Å². The third-order valence-electron chi connectivity index (χ3n) is 5.57. The minimum absolute atomic E-state index is 0.171. The molecule has 1 aromatic heterocycles. The summed E-state index contributed by atoms with van der Waals surface area (Å²) < 4.78 is 5.71. The molecule has 1 aliphatic carbocycles. The van der Waals surface area contributed by atoms with E-state index >= 15 is 0 Å². The van der Waals surface area contributed by atoms with Crippen LogP contribution in [-0.2, 0) is 4.74 Å². The zero-order valence-electron chi connectivity index (χ0n) is 15.6. The van der Waals surface area contributed by atoms with E-state index in [9.17, 15) is 4.79 Å². The summed E-state index contributed by atoms with van der Waals surface area (Å²) in [5.74, 6) is 0.778. The van der Waals surface area contributed by atoms with Crippen molar-refractivity contribution in [2.24, 2.45) is 5.11 Å². The second-order valence-electron chi connectivity index (χ2n) is 7.18. The Balaban J connectivity index is 1.48. The third-order valence-corrected chi connectivity index (χ3v) is 6.56. The molecule has 29 heavy (non-hydrogen) atoms. The number of hydrogen-bond donors (Lipinski definition) is 1. The van der Waals surface area contributed by atoms with E-state index in [1.807, 2.05) is 47.4 Å². The Labute approximate surface area is 171 Å². The van der Waals surface area contributed by atoms with E-state index in [4.69, 9.17) is 10.3 Å². The summed E-state index contributed by atoms with van der Waals surface area (Å²) in [7, 11) is 0. The first kappa shape index (κ1) is 18.0. The first-order valence-electron chi connectivity index (χ1n) is 9.56. The molecule has 0 unspecified atom stereocenters. The van der Waals surface area contributed by atoms with Gasteiger partial charge in [0, 0.05) is 50.7 Å². The number of nitrogens with zero attached hydrogens (tertiary/aromatic N) is 4. The maximum atomic E-state index is 12.7. The van der Waals surface area contributed by atoms with E-state index in [-0.39, 0.29) is 24.3 Å². The average Bonchev–Trinajstić information content (AvgIpc) is 3.27. The van der Waals surface area contributed by atoms with E-state index in [1.165, 1.54) is 4.90 Å². The Morgan fingerprint density at radius 3 is 2.83 bits per heavy atom.